The first kappa shape index (κ1) is 15.6. The Morgan fingerprint density at radius 3 is 2.80 bits per heavy atom. The quantitative estimate of drug-likeness (QED) is 0.923. The zero-order chi connectivity index (χ0) is 14.5. The van der Waals surface area contributed by atoms with Crippen LogP contribution in [0.1, 0.15) is 30.1 Å². The number of piperidine rings is 1. The molecular weight excluding hydrogens is 295 g/mol. The summed E-state index contributed by atoms with van der Waals surface area (Å²) in [6.45, 7) is 5.58. The van der Waals surface area contributed by atoms with Crippen molar-refractivity contribution in [3.63, 3.8) is 0 Å². The first-order valence-corrected chi connectivity index (χ1v) is 7.82. The SMILES string of the molecule is CCN(CC1CCCNC1)C(=O)c1ccc(Cl)c(Cl)c1. The van der Waals surface area contributed by atoms with Gasteiger partial charge in [0.2, 0.25) is 0 Å². The zero-order valence-electron chi connectivity index (χ0n) is 11.7. The number of nitrogens with one attached hydrogen (secondary N) is 1. The van der Waals surface area contributed by atoms with Crippen LogP contribution in [0, 0.1) is 5.92 Å². The van der Waals surface area contributed by atoms with Crippen LogP contribution in [0.2, 0.25) is 10.0 Å². The van der Waals surface area contributed by atoms with E-state index in [-0.39, 0.29) is 5.91 Å². The van der Waals surface area contributed by atoms with E-state index in [2.05, 4.69) is 5.32 Å². The average Bonchev–Trinajstić information content (AvgIpc) is 2.48. The van der Waals surface area contributed by atoms with Gasteiger partial charge in [0.15, 0.2) is 0 Å². The highest BCUT2D eigenvalue weighted by atomic mass is 35.5. The maximum atomic E-state index is 12.5. The van der Waals surface area contributed by atoms with Crippen molar-refractivity contribution in [2.75, 3.05) is 26.2 Å². The topological polar surface area (TPSA) is 32.3 Å². The van der Waals surface area contributed by atoms with Crippen molar-refractivity contribution in [3.8, 4) is 0 Å². The Morgan fingerprint density at radius 1 is 1.40 bits per heavy atom. The molecule has 1 unspecified atom stereocenters. The van der Waals surface area contributed by atoms with Gasteiger partial charge in [-0.15, -0.1) is 0 Å². The number of rotatable bonds is 4. The lowest BCUT2D eigenvalue weighted by Gasteiger charge is -2.29. The lowest BCUT2D eigenvalue weighted by atomic mass is 9.99. The van der Waals surface area contributed by atoms with Crippen molar-refractivity contribution in [2.45, 2.75) is 19.8 Å². The predicted octanol–water partition coefficient (Wildman–Crippen LogP) is 3.46. The van der Waals surface area contributed by atoms with Gasteiger partial charge in [-0.05, 0) is 57.0 Å². The van der Waals surface area contributed by atoms with Crippen LogP contribution in [0.5, 0.6) is 0 Å². The van der Waals surface area contributed by atoms with Crippen LogP contribution in [0.4, 0.5) is 0 Å². The molecule has 0 aromatic heterocycles. The molecule has 110 valence electrons. The first-order chi connectivity index (χ1) is 9.61. The third-order valence-electron chi connectivity index (χ3n) is 3.71. The molecule has 0 spiro atoms. The molecule has 1 aromatic carbocycles. The highest BCUT2D eigenvalue weighted by molar-refractivity contribution is 6.42. The van der Waals surface area contributed by atoms with Crippen LogP contribution in [0.25, 0.3) is 0 Å². The maximum Gasteiger partial charge on any atom is 0.253 e. The molecule has 1 aromatic rings. The second-order valence-corrected chi connectivity index (χ2v) is 6.00. The maximum absolute atomic E-state index is 12.5. The molecule has 0 saturated carbocycles. The fraction of sp³-hybridized carbons (Fsp3) is 0.533. The van der Waals surface area contributed by atoms with Crippen LogP contribution >= 0.6 is 23.2 Å². The molecule has 20 heavy (non-hydrogen) atoms. The lowest BCUT2D eigenvalue weighted by Crippen LogP contribution is -2.41. The van der Waals surface area contributed by atoms with Gasteiger partial charge in [-0.2, -0.15) is 0 Å². The van der Waals surface area contributed by atoms with Gasteiger partial charge >= 0.3 is 0 Å². The summed E-state index contributed by atoms with van der Waals surface area (Å²) in [5.74, 6) is 0.562. The van der Waals surface area contributed by atoms with Crippen molar-refractivity contribution < 1.29 is 4.79 Å². The van der Waals surface area contributed by atoms with Gasteiger partial charge in [-0.25, -0.2) is 0 Å². The summed E-state index contributed by atoms with van der Waals surface area (Å²) in [6.07, 6.45) is 2.36. The number of hydrogen-bond acceptors (Lipinski definition) is 2. The second-order valence-electron chi connectivity index (χ2n) is 5.19. The molecule has 0 radical (unpaired) electrons. The zero-order valence-corrected chi connectivity index (χ0v) is 13.2. The third kappa shape index (κ3) is 3.87. The molecule has 3 nitrogen and oxygen atoms in total. The van der Waals surface area contributed by atoms with E-state index in [9.17, 15) is 4.79 Å². The number of hydrogen-bond donors (Lipinski definition) is 1. The Morgan fingerprint density at radius 2 is 2.20 bits per heavy atom. The summed E-state index contributed by atoms with van der Waals surface area (Å²) in [4.78, 5) is 14.4. The molecule has 0 bridgehead atoms. The summed E-state index contributed by atoms with van der Waals surface area (Å²) in [7, 11) is 0. The Balaban J connectivity index is 2.05. The van der Waals surface area contributed by atoms with E-state index in [1.807, 2.05) is 11.8 Å². The Hall–Kier alpha value is -0.770. The standard InChI is InChI=1S/C15H20Cl2N2O/c1-2-19(10-11-4-3-7-18-9-11)15(20)12-5-6-13(16)14(17)8-12/h5-6,8,11,18H,2-4,7,9-10H2,1H3. The van der Waals surface area contributed by atoms with E-state index in [0.29, 0.717) is 28.1 Å². The number of halogens is 2. The van der Waals surface area contributed by atoms with Crippen LogP contribution in [0.15, 0.2) is 18.2 Å². The summed E-state index contributed by atoms with van der Waals surface area (Å²) < 4.78 is 0. The average molecular weight is 315 g/mol. The molecule has 1 heterocycles. The van der Waals surface area contributed by atoms with Crippen LogP contribution < -0.4 is 5.32 Å². The Kier molecular flexibility index (Phi) is 5.70. The normalized spacial score (nSPS) is 18.9. The van der Waals surface area contributed by atoms with E-state index in [0.717, 1.165) is 19.6 Å². The Bertz CT molecular complexity index is 473. The van der Waals surface area contributed by atoms with Gasteiger partial charge in [0.25, 0.3) is 5.91 Å². The van der Waals surface area contributed by atoms with E-state index in [1.165, 1.54) is 12.8 Å². The number of benzene rings is 1. The van der Waals surface area contributed by atoms with E-state index < -0.39 is 0 Å². The number of carbonyl (C=O) groups excluding carboxylic acids is 1. The smallest absolute Gasteiger partial charge is 0.253 e. The van der Waals surface area contributed by atoms with Crippen LogP contribution in [0.3, 0.4) is 0 Å². The van der Waals surface area contributed by atoms with Crippen molar-refractivity contribution in [3.05, 3.63) is 33.8 Å². The molecular formula is C15H20Cl2N2O. The predicted molar refractivity (Wildman–Crippen MR) is 83.6 cm³/mol. The van der Waals surface area contributed by atoms with E-state index >= 15 is 0 Å². The summed E-state index contributed by atoms with van der Waals surface area (Å²) in [5, 5.41) is 4.28. The van der Waals surface area contributed by atoms with Crippen molar-refractivity contribution in [2.24, 2.45) is 5.92 Å². The number of nitrogens with zero attached hydrogens (tertiary/aromatic N) is 1. The van der Waals surface area contributed by atoms with Crippen LogP contribution in [-0.4, -0.2) is 37.0 Å². The second kappa shape index (κ2) is 7.30. The van der Waals surface area contributed by atoms with Gasteiger partial charge in [0.1, 0.15) is 0 Å². The molecule has 1 aliphatic rings. The molecule has 1 amide bonds. The monoisotopic (exact) mass is 314 g/mol. The van der Waals surface area contributed by atoms with Crippen molar-refractivity contribution in [1.82, 2.24) is 10.2 Å². The minimum Gasteiger partial charge on any atom is -0.339 e. The molecule has 2 rings (SSSR count). The molecule has 1 N–H and O–H groups in total. The van der Waals surface area contributed by atoms with Gasteiger partial charge < -0.3 is 10.2 Å². The van der Waals surface area contributed by atoms with Crippen molar-refractivity contribution in [1.29, 1.82) is 0 Å². The van der Waals surface area contributed by atoms with Gasteiger partial charge in [-0.1, -0.05) is 23.2 Å². The van der Waals surface area contributed by atoms with Crippen molar-refractivity contribution >= 4 is 29.1 Å². The molecule has 1 aliphatic heterocycles. The summed E-state index contributed by atoms with van der Waals surface area (Å²) >= 11 is 11.9. The number of carbonyl (C=O) groups is 1. The highest BCUT2D eigenvalue weighted by Gasteiger charge is 2.21. The lowest BCUT2D eigenvalue weighted by molar-refractivity contribution is 0.0729. The van der Waals surface area contributed by atoms with Gasteiger partial charge in [-0.3, -0.25) is 4.79 Å². The molecule has 1 saturated heterocycles. The van der Waals surface area contributed by atoms with E-state index in [4.69, 9.17) is 23.2 Å². The van der Waals surface area contributed by atoms with Gasteiger partial charge in [0.05, 0.1) is 10.0 Å². The summed E-state index contributed by atoms with van der Waals surface area (Å²) in [5.41, 5.74) is 0.602. The third-order valence-corrected chi connectivity index (χ3v) is 4.45. The molecule has 0 aliphatic carbocycles. The highest BCUT2D eigenvalue weighted by Crippen LogP contribution is 2.23. The van der Waals surface area contributed by atoms with Crippen LogP contribution in [-0.2, 0) is 0 Å². The molecule has 1 fully saturated rings. The summed E-state index contributed by atoms with van der Waals surface area (Å²) in [6, 6.07) is 5.06. The largest absolute Gasteiger partial charge is 0.339 e. The molecule has 5 heteroatoms. The number of amides is 1. The minimum atomic E-state index is 0.0247. The first-order valence-electron chi connectivity index (χ1n) is 7.07. The van der Waals surface area contributed by atoms with Gasteiger partial charge in [0, 0.05) is 18.7 Å². The molecule has 1 atom stereocenters. The Labute approximate surface area is 130 Å². The minimum absolute atomic E-state index is 0.0247. The fourth-order valence-corrected chi connectivity index (χ4v) is 2.86. The van der Waals surface area contributed by atoms with E-state index in [1.54, 1.807) is 18.2 Å². The fourth-order valence-electron chi connectivity index (χ4n) is 2.56.